The van der Waals surface area contributed by atoms with Crippen molar-refractivity contribution in [3.8, 4) is 5.75 Å². The number of carbonyl (C=O) groups is 2. The number of piperidine rings is 1. The molecule has 1 saturated heterocycles. The molecule has 0 aliphatic carbocycles. The van der Waals surface area contributed by atoms with E-state index in [0.29, 0.717) is 39.0 Å². The lowest BCUT2D eigenvalue weighted by atomic mass is 9.96. The van der Waals surface area contributed by atoms with E-state index in [1.54, 1.807) is 12.3 Å². The summed E-state index contributed by atoms with van der Waals surface area (Å²) in [4.78, 5) is 29.3. The molecular weight excluding hydrogens is 370 g/mol. The molecule has 1 fully saturated rings. The Morgan fingerprint density at radius 1 is 1.14 bits per heavy atom. The summed E-state index contributed by atoms with van der Waals surface area (Å²) in [5.41, 5.74) is 0.820. The predicted molar refractivity (Wildman–Crippen MR) is 109 cm³/mol. The van der Waals surface area contributed by atoms with E-state index in [-0.39, 0.29) is 24.0 Å². The minimum atomic E-state index is -0.0747. The lowest BCUT2D eigenvalue weighted by Crippen LogP contribution is -2.52. The van der Waals surface area contributed by atoms with Gasteiger partial charge in [0.2, 0.25) is 5.91 Å². The molecule has 3 amide bonds. The Morgan fingerprint density at radius 3 is 2.66 bits per heavy atom. The molecule has 154 valence electrons. The van der Waals surface area contributed by atoms with Crippen molar-refractivity contribution in [2.45, 2.75) is 38.8 Å². The normalized spacial score (nSPS) is 19.4. The monoisotopic (exact) mass is 397 g/mol. The Hall–Kier alpha value is -2.96. The summed E-state index contributed by atoms with van der Waals surface area (Å²) >= 11 is 0. The lowest BCUT2D eigenvalue weighted by molar-refractivity contribution is -0.126. The fraction of sp³-hybridized carbons (Fsp3) is 0.455. The van der Waals surface area contributed by atoms with Crippen LogP contribution in [-0.4, -0.2) is 42.6 Å². The van der Waals surface area contributed by atoms with Gasteiger partial charge >= 0.3 is 6.03 Å². The number of urea groups is 1. The third-order valence-corrected chi connectivity index (χ3v) is 5.68. The number of nitrogens with one attached hydrogen (secondary N) is 1. The summed E-state index contributed by atoms with van der Waals surface area (Å²) in [5.74, 6) is 1.44. The largest absolute Gasteiger partial charge is 0.486 e. The average Bonchev–Trinajstić information content (AvgIpc) is 3.30. The van der Waals surface area contributed by atoms with Crippen LogP contribution in [0.2, 0.25) is 0 Å². The molecule has 0 saturated carbocycles. The van der Waals surface area contributed by atoms with Gasteiger partial charge in [-0.15, -0.1) is 0 Å². The maximum atomic E-state index is 13.2. The highest BCUT2D eigenvalue weighted by Crippen LogP contribution is 2.35. The number of benzene rings is 1. The number of hydrogen-bond acceptors (Lipinski definition) is 4. The van der Waals surface area contributed by atoms with Gasteiger partial charge in [-0.05, 0) is 43.5 Å². The third-order valence-electron chi connectivity index (χ3n) is 5.68. The van der Waals surface area contributed by atoms with Crippen LogP contribution in [0.15, 0.2) is 47.1 Å². The van der Waals surface area contributed by atoms with Crippen LogP contribution >= 0.6 is 0 Å². The number of furan rings is 1. The Kier molecular flexibility index (Phi) is 5.74. The van der Waals surface area contributed by atoms with E-state index in [9.17, 15) is 9.59 Å². The van der Waals surface area contributed by atoms with E-state index in [1.807, 2.05) is 40.1 Å². The number of ether oxygens (including phenoxy) is 1. The Labute approximate surface area is 170 Å². The van der Waals surface area contributed by atoms with Gasteiger partial charge in [0.25, 0.3) is 0 Å². The molecule has 29 heavy (non-hydrogen) atoms. The molecule has 0 spiro atoms. The zero-order chi connectivity index (χ0) is 20.2. The minimum Gasteiger partial charge on any atom is -0.486 e. The van der Waals surface area contributed by atoms with Crippen LogP contribution in [0.4, 0.5) is 10.5 Å². The number of fused-ring (bicyclic) bond motifs is 1. The molecule has 4 rings (SSSR count). The van der Waals surface area contributed by atoms with Gasteiger partial charge in [0.05, 0.1) is 25.0 Å². The number of nitrogens with zero attached hydrogens (tertiary/aromatic N) is 2. The van der Waals surface area contributed by atoms with Crippen LogP contribution in [0.1, 0.15) is 31.9 Å². The summed E-state index contributed by atoms with van der Waals surface area (Å²) in [6.45, 7) is 4.17. The first-order valence-corrected chi connectivity index (χ1v) is 10.3. The van der Waals surface area contributed by atoms with E-state index in [2.05, 4.69) is 12.2 Å². The van der Waals surface area contributed by atoms with E-state index < -0.39 is 0 Å². The molecule has 3 heterocycles. The SMILES string of the molecule is CC[C@@H]1CN(C(=O)N2CCC(C(=O)NCc3ccco3)CC2)c2ccccc2O1. The van der Waals surface area contributed by atoms with Crippen molar-refractivity contribution in [2.24, 2.45) is 5.92 Å². The first kappa shape index (κ1) is 19.4. The summed E-state index contributed by atoms with van der Waals surface area (Å²) in [6, 6.07) is 11.3. The number of carbonyl (C=O) groups excluding carboxylic acids is 2. The molecule has 1 atom stereocenters. The van der Waals surface area contributed by atoms with Crippen LogP contribution in [0.5, 0.6) is 5.75 Å². The fourth-order valence-electron chi connectivity index (χ4n) is 3.93. The number of rotatable bonds is 4. The standard InChI is InChI=1S/C22H27N3O4/c1-2-17-15-25(19-7-3-4-8-20(19)29-17)22(27)24-11-9-16(10-12-24)21(26)23-14-18-6-5-13-28-18/h3-8,13,16-17H,2,9-12,14-15H2,1H3,(H,23,26)/t17-/m1/s1. The highest BCUT2D eigenvalue weighted by molar-refractivity contribution is 5.94. The van der Waals surface area contributed by atoms with Crippen LogP contribution < -0.4 is 15.0 Å². The predicted octanol–water partition coefficient (Wildman–Crippen LogP) is 3.41. The van der Waals surface area contributed by atoms with Crippen LogP contribution in [-0.2, 0) is 11.3 Å². The smallest absolute Gasteiger partial charge is 0.324 e. The number of amides is 3. The van der Waals surface area contributed by atoms with Crippen molar-refractivity contribution in [3.05, 3.63) is 48.4 Å². The first-order valence-electron chi connectivity index (χ1n) is 10.3. The van der Waals surface area contributed by atoms with Gasteiger partial charge in [-0.3, -0.25) is 9.69 Å². The van der Waals surface area contributed by atoms with Gasteiger partial charge in [-0.1, -0.05) is 19.1 Å². The van der Waals surface area contributed by atoms with Gasteiger partial charge in [-0.2, -0.15) is 0 Å². The van der Waals surface area contributed by atoms with E-state index in [0.717, 1.165) is 23.6 Å². The Balaban J connectivity index is 1.35. The molecule has 2 aliphatic rings. The van der Waals surface area contributed by atoms with E-state index >= 15 is 0 Å². The van der Waals surface area contributed by atoms with E-state index in [1.165, 1.54) is 0 Å². The summed E-state index contributed by atoms with van der Waals surface area (Å²) in [6.07, 6.45) is 3.77. The lowest BCUT2D eigenvalue weighted by Gasteiger charge is -2.39. The number of anilines is 1. The van der Waals surface area contributed by atoms with Gasteiger partial charge < -0.3 is 19.4 Å². The first-order chi connectivity index (χ1) is 14.2. The summed E-state index contributed by atoms with van der Waals surface area (Å²) in [5, 5.41) is 2.93. The summed E-state index contributed by atoms with van der Waals surface area (Å²) < 4.78 is 11.2. The number of hydrogen-bond donors (Lipinski definition) is 1. The molecule has 0 radical (unpaired) electrons. The van der Waals surface area contributed by atoms with Gasteiger partial charge in [0.15, 0.2) is 0 Å². The maximum absolute atomic E-state index is 13.2. The van der Waals surface area contributed by atoms with Crippen molar-refractivity contribution in [3.63, 3.8) is 0 Å². The molecule has 1 N–H and O–H groups in total. The van der Waals surface area contributed by atoms with Crippen LogP contribution in [0.3, 0.4) is 0 Å². The van der Waals surface area contributed by atoms with Gasteiger partial charge in [0, 0.05) is 19.0 Å². The highest BCUT2D eigenvalue weighted by atomic mass is 16.5. The zero-order valence-corrected chi connectivity index (χ0v) is 16.7. The molecular formula is C22H27N3O4. The molecule has 2 aromatic rings. The molecule has 0 unspecified atom stereocenters. The molecule has 7 nitrogen and oxygen atoms in total. The molecule has 1 aromatic carbocycles. The maximum Gasteiger partial charge on any atom is 0.324 e. The molecule has 1 aromatic heterocycles. The average molecular weight is 397 g/mol. The van der Waals surface area contributed by atoms with Crippen molar-refractivity contribution < 1.29 is 18.7 Å². The quantitative estimate of drug-likeness (QED) is 0.858. The summed E-state index contributed by atoms with van der Waals surface area (Å²) in [7, 11) is 0. The van der Waals surface area contributed by atoms with Crippen molar-refractivity contribution in [1.29, 1.82) is 0 Å². The van der Waals surface area contributed by atoms with Crippen molar-refractivity contribution in [2.75, 3.05) is 24.5 Å². The highest BCUT2D eigenvalue weighted by Gasteiger charge is 2.34. The second kappa shape index (κ2) is 8.59. The van der Waals surface area contributed by atoms with Crippen LogP contribution in [0, 0.1) is 5.92 Å². The number of para-hydroxylation sites is 2. The Morgan fingerprint density at radius 2 is 1.93 bits per heavy atom. The fourth-order valence-corrected chi connectivity index (χ4v) is 3.93. The molecule has 0 bridgehead atoms. The third kappa shape index (κ3) is 4.23. The number of likely N-dealkylation sites (tertiary alicyclic amines) is 1. The van der Waals surface area contributed by atoms with Crippen LogP contribution in [0.25, 0.3) is 0 Å². The van der Waals surface area contributed by atoms with E-state index in [4.69, 9.17) is 9.15 Å². The zero-order valence-electron chi connectivity index (χ0n) is 16.7. The minimum absolute atomic E-state index is 0.00114. The van der Waals surface area contributed by atoms with Crippen molar-refractivity contribution >= 4 is 17.6 Å². The second-order valence-corrected chi connectivity index (χ2v) is 7.57. The molecule has 2 aliphatic heterocycles. The van der Waals surface area contributed by atoms with Gasteiger partial charge in [-0.25, -0.2) is 4.79 Å². The van der Waals surface area contributed by atoms with Gasteiger partial charge in [0.1, 0.15) is 17.6 Å². The van der Waals surface area contributed by atoms with Crippen molar-refractivity contribution in [1.82, 2.24) is 10.2 Å². The Bertz CT molecular complexity index is 844. The topological polar surface area (TPSA) is 75.0 Å². The molecule has 7 heteroatoms. The second-order valence-electron chi connectivity index (χ2n) is 7.57.